The van der Waals surface area contributed by atoms with Crippen LogP contribution in [0.25, 0.3) is 0 Å². The van der Waals surface area contributed by atoms with E-state index in [2.05, 4.69) is 5.32 Å². The average molecular weight is 153 g/mol. The third-order valence-electron chi connectivity index (χ3n) is 1.22. The Hall–Kier alpha value is -1.42. The molecule has 4 nitrogen and oxygen atoms in total. The number of nitrogens with one attached hydrogen (secondary N) is 1. The first kappa shape index (κ1) is 7.68. The van der Waals surface area contributed by atoms with E-state index in [1.54, 1.807) is 0 Å². The van der Waals surface area contributed by atoms with Crippen molar-refractivity contribution in [3.8, 4) is 0 Å². The smallest absolute Gasteiger partial charge is 0.201 e. The first-order chi connectivity index (χ1) is 5.24. The van der Waals surface area contributed by atoms with Crippen molar-refractivity contribution in [2.24, 2.45) is 0 Å². The number of carbonyl (C=O) groups excluding carboxylic acids is 2. The van der Waals surface area contributed by atoms with Gasteiger partial charge in [0, 0.05) is 6.08 Å². The molecule has 0 fully saturated rings. The Balaban J connectivity index is 2.76. The zero-order valence-electron chi connectivity index (χ0n) is 5.70. The summed E-state index contributed by atoms with van der Waals surface area (Å²) >= 11 is 0. The van der Waals surface area contributed by atoms with E-state index in [-0.39, 0.29) is 24.0 Å². The maximum Gasteiger partial charge on any atom is 0.201 e. The summed E-state index contributed by atoms with van der Waals surface area (Å²) in [7, 11) is 0. The van der Waals surface area contributed by atoms with Gasteiger partial charge in [0.2, 0.25) is 5.78 Å². The molecule has 1 aliphatic carbocycles. The third-order valence-corrected chi connectivity index (χ3v) is 1.22. The van der Waals surface area contributed by atoms with Gasteiger partial charge in [0.25, 0.3) is 0 Å². The van der Waals surface area contributed by atoms with Gasteiger partial charge in [-0.3, -0.25) is 9.59 Å². The van der Waals surface area contributed by atoms with Crippen LogP contribution in [0.4, 0.5) is 0 Å². The molecule has 0 bridgehead atoms. The predicted octanol–water partition coefficient (Wildman–Crippen LogP) is -0.882. The van der Waals surface area contributed by atoms with Crippen molar-refractivity contribution in [1.82, 2.24) is 5.32 Å². The van der Waals surface area contributed by atoms with E-state index in [4.69, 9.17) is 5.11 Å². The molecule has 58 valence electrons. The topological polar surface area (TPSA) is 66.4 Å². The van der Waals surface area contributed by atoms with Crippen molar-refractivity contribution in [2.75, 3.05) is 6.73 Å². The fourth-order valence-electron chi connectivity index (χ4n) is 0.732. The Bertz CT molecular complexity index is 252. The number of hydrogen-bond acceptors (Lipinski definition) is 4. The minimum Gasteiger partial charge on any atom is -0.377 e. The maximum absolute atomic E-state index is 10.8. The van der Waals surface area contributed by atoms with Crippen molar-refractivity contribution in [1.29, 1.82) is 0 Å². The lowest BCUT2D eigenvalue weighted by atomic mass is 10.1. The molecule has 0 saturated heterocycles. The van der Waals surface area contributed by atoms with Gasteiger partial charge in [0.05, 0.1) is 5.70 Å². The van der Waals surface area contributed by atoms with Gasteiger partial charge in [-0.2, -0.15) is 0 Å². The van der Waals surface area contributed by atoms with Crippen molar-refractivity contribution in [3.05, 3.63) is 23.9 Å². The van der Waals surface area contributed by atoms with Gasteiger partial charge in [0.15, 0.2) is 5.78 Å². The number of rotatable bonds is 2. The molecule has 0 amide bonds. The third kappa shape index (κ3) is 1.75. The first-order valence-electron chi connectivity index (χ1n) is 3.07. The molecule has 0 aromatic heterocycles. The maximum atomic E-state index is 10.8. The molecule has 11 heavy (non-hydrogen) atoms. The van der Waals surface area contributed by atoms with Crippen LogP contribution in [0.2, 0.25) is 0 Å². The molecule has 2 N–H and O–H groups in total. The van der Waals surface area contributed by atoms with Gasteiger partial charge in [-0.1, -0.05) is 0 Å². The molecule has 1 rings (SSSR count). The number of carbonyl (C=O) groups is 2. The summed E-state index contributed by atoms with van der Waals surface area (Å²) in [5, 5.41) is 10.7. The van der Waals surface area contributed by atoms with E-state index in [1.807, 2.05) is 0 Å². The van der Waals surface area contributed by atoms with E-state index >= 15 is 0 Å². The minimum atomic E-state index is -0.349. The first-order valence-corrected chi connectivity index (χ1v) is 3.07. The molecule has 1 aliphatic rings. The number of ketones is 2. The fraction of sp³-hybridized carbons (Fsp3) is 0.143. The predicted molar refractivity (Wildman–Crippen MR) is 37.5 cm³/mol. The SMILES string of the molecule is O=C1C=CC(=O)C(NCO)=C1. The van der Waals surface area contributed by atoms with Crippen LogP contribution in [0, 0.1) is 0 Å². The summed E-state index contributed by atoms with van der Waals surface area (Å²) in [6.45, 7) is -0.349. The summed E-state index contributed by atoms with van der Waals surface area (Å²) < 4.78 is 0. The molecule has 4 heteroatoms. The van der Waals surface area contributed by atoms with Crippen molar-refractivity contribution < 1.29 is 14.7 Å². The normalized spacial score (nSPS) is 16.6. The number of allylic oxidation sites excluding steroid dienone is 3. The molecular formula is C7H7NO3. The highest BCUT2D eigenvalue weighted by atomic mass is 16.3. The number of hydrogen-bond donors (Lipinski definition) is 2. The summed E-state index contributed by atoms with van der Waals surface area (Å²) in [4.78, 5) is 21.5. The van der Waals surface area contributed by atoms with Crippen LogP contribution in [0.1, 0.15) is 0 Å². The monoisotopic (exact) mass is 153 g/mol. The molecule has 0 aliphatic heterocycles. The lowest BCUT2D eigenvalue weighted by Crippen LogP contribution is -2.23. The second-order valence-electron chi connectivity index (χ2n) is 1.99. The Morgan fingerprint density at radius 2 is 2.09 bits per heavy atom. The Morgan fingerprint density at radius 1 is 1.36 bits per heavy atom. The second-order valence-corrected chi connectivity index (χ2v) is 1.99. The molecular weight excluding hydrogens is 146 g/mol. The van der Waals surface area contributed by atoms with Gasteiger partial charge in [0.1, 0.15) is 6.73 Å². The molecule has 0 spiro atoms. The standard InChI is InChI=1S/C7H7NO3/c9-4-8-6-3-5(10)1-2-7(6)11/h1-3,8-9H,4H2. The van der Waals surface area contributed by atoms with E-state index in [1.165, 1.54) is 12.2 Å². The fourth-order valence-corrected chi connectivity index (χ4v) is 0.732. The van der Waals surface area contributed by atoms with Crippen LogP contribution >= 0.6 is 0 Å². The lowest BCUT2D eigenvalue weighted by molar-refractivity contribution is -0.114. The summed E-state index contributed by atoms with van der Waals surface area (Å²) in [6, 6.07) is 0. The van der Waals surface area contributed by atoms with Crippen LogP contribution in [0.5, 0.6) is 0 Å². The van der Waals surface area contributed by atoms with E-state index < -0.39 is 0 Å². The van der Waals surface area contributed by atoms with Gasteiger partial charge >= 0.3 is 0 Å². The second kappa shape index (κ2) is 3.12. The highest BCUT2D eigenvalue weighted by Gasteiger charge is 2.11. The summed E-state index contributed by atoms with van der Waals surface area (Å²) in [6.07, 6.45) is 3.50. The van der Waals surface area contributed by atoms with Crippen molar-refractivity contribution in [2.45, 2.75) is 0 Å². The Labute approximate surface area is 63.2 Å². The molecule has 0 saturated carbocycles. The molecule has 0 aromatic carbocycles. The number of aliphatic hydroxyl groups is 1. The zero-order chi connectivity index (χ0) is 8.27. The highest BCUT2D eigenvalue weighted by molar-refractivity contribution is 6.16. The van der Waals surface area contributed by atoms with Crippen molar-refractivity contribution in [3.63, 3.8) is 0 Å². The molecule has 0 heterocycles. The van der Waals surface area contributed by atoms with Crippen molar-refractivity contribution >= 4 is 11.6 Å². The zero-order valence-corrected chi connectivity index (χ0v) is 5.70. The van der Waals surface area contributed by atoms with Crippen LogP contribution in [-0.4, -0.2) is 23.4 Å². The van der Waals surface area contributed by atoms with Gasteiger partial charge in [-0.05, 0) is 12.2 Å². The van der Waals surface area contributed by atoms with Gasteiger partial charge in [-0.25, -0.2) is 0 Å². The number of aliphatic hydroxyl groups excluding tert-OH is 1. The van der Waals surface area contributed by atoms with E-state index in [9.17, 15) is 9.59 Å². The lowest BCUT2D eigenvalue weighted by Gasteiger charge is -2.05. The quantitative estimate of drug-likeness (QED) is 0.399. The molecule has 0 atom stereocenters. The van der Waals surface area contributed by atoms with Crippen LogP contribution in [0.3, 0.4) is 0 Å². The minimum absolute atomic E-state index is 0.139. The molecule has 0 aromatic rings. The van der Waals surface area contributed by atoms with Crippen LogP contribution < -0.4 is 5.32 Å². The van der Waals surface area contributed by atoms with Crippen LogP contribution in [-0.2, 0) is 9.59 Å². The average Bonchev–Trinajstić information content (AvgIpc) is 1.98. The largest absolute Gasteiger partial charge is 0.377 e. The van der Waals surface area contributed by atoms with E-state index in [0.717, 1.165) is 6.08 Å². The Morgan fingerprint density at radius 3 is 2.73 bits per heavy atom. The van der Waals surface area contributed by atoms with Gasteiger partial charge < -0.3 is 10.4 Å². The molecule has 0 unspecified atom stereocenters. The highest BCUT2D eigenvalue weighted by Crippen LogP contribution is 2.00. The van der Waals surface area contributed by atoms with Crippen LogP contribution in [0.15, 0.2) is 23.9 Å². The molecule has 0 radical (unpaired) electrons. The Kier molecular flexibility index (Phi) is 2.18. The van der Waals surface area contributed by atoms with Gasteiger partial charge in [-0.15, -0.1) is 0 Å². The summed E-state index contributed by atoms with van der Waals surface area (Å²) in [5.74, 6) is -0.542. The summed E-state index contributed by atoms with van der Waals surface area (Å²) in [5.41, 5.74) is 0.139. The van der Waals surface area contributed by atoms with E-state index in [0.29, 0.717) is 0 Å².